The van der Waals surface area contributed by atoms with E-state index in [1.54, 1.807) is 0 Å². The molecule has 2 aliphatic carbocycles. The van der Waals surface area contributed by atoms with Crippen LogP contribution in [0.2, 0.25) is 0 Å². The van der Waals surface area contributed by atoms with Crippen LogP contribution in [-0.2, 0) is 9.47 Å². The molecule has 1 N–H and O–H groups in total. The maximum atomic E-state index is 5.76. The van der Waals surface area contributed by atoms with Crippen molar-refractivity contribution in [2.24, 2.45) is 5.92 Å². The fourth-order valence-corrected chi connectivity index (χ4v) is 3.60. The fourth-order valence-electron chi connectivity index (χ4n) is 3.60. The van der Waals surface area contributed by atoms with Crippen molar-refractivity contribution >= 4 is 0 Å². The summed E-state index contributed by atoms with van der Waals surface area (Å²) < 4.78 is 11.5. The molecular formula is C14H25NO2. The zero-order valence-electron chi connectivity index (χ0n) is 10.7. The van der Waals surface area contributed by atoms with Gasteiger partial charge in [-0.1, -0.05) is 12.8 Å². The van der Waals surface area contributed by atoms with Crippen molar-refractivity contribution in [3.05, 3.63) is 0 Å². The maximum absolute atomic E-state index is 5.76. The van der Waals surface area contributed by atoms with Gasteiger partial charge in [-0.15, -0.1) is 0 Å². The molecule has 0 bridgehead atoms. The van der Waals surface area contributed by atoms with Gasteiger partial charge in [0.05, 0.1) is 13.2 Å². The van der Waals surface area contributed by atoms with Crippen molar-refractivity contribution in [1.29, 1.82) is 0 Å². The van der Waals surface area contributed by atoms with Gasteiger partial charge >= 0.3 is 0 Å². The molecule has 1 heterocycles. The summed E-state index contributed by atoms with van der Waals surface area (Å²) in [7, 11) is 0. The Bertz CT molecular complexity index is 232. The van der Waals surface area contributed by atoms with Crippen molar-refractivity contribution in [2.75, 3.05) is 19.8 Å². The minimum atomic E-state index is -0.189. The molecule has 0 radical (unpaired) electrons. The maximum Gasteiger partial charge on any atom is 0.168 e. The van der Waals surface area contributed by atoms with Crippen LogP contribution in [0.25, 0.3) is 0 Å². The van der Waals surface area contributed by atoms with Gasteiger partial charge in [0.2, 0.25) is 0 Å². The Hall–Kier alpha value is -0.120. The van der Waals surface area contributed by atoms with Gasteiger partial charge in [0.1, 0.15) is 0 Å². The van der Waals surface area contributed by atoms with E-state index in [0.29, 0.717) is 6.04 Å². The first kappa shape index (κ1) is 11.9. The van der Waals surface area contributed by atoms with Crippen molar-refractivity contribution in [3.63, 3.8) is 0 Å². The molecular weight excluding hydrogens is 214 g/mol. The second-order valence-corrected chi connectivity index (χ2v) is 5.94. The molecule has 98 valence electrons. The second-order valence-electron chi connectivity index (χ2n) is 5.94. The highest BCUT2D eigenvalue weighted by atomic mass is 16.7. The Morgan fingerprint density at radius 1 is 0.941 bits per heavy atom. The Labute approximate surface area is 104 Å². The van der Waals surface area contributed by atoms with E-state index in [1.807, 2.05) is 0 Å². The van der Waals surface area contributed by atoms with Gasteiger partial charge in [-0.2, -0.15) is 0 Å². The largest absolute Gasteiger partial charge is 0.348 e. The molecule has 0 aromatic rings. The Balaban J connectivity index is 1.39. The lowest BCUT2D eigenvalue weighted by Gasteiger charge is -2.36. The normalized spacial score (nSPS) is 30.4. The highest BCUT2D eigenvalue weighted by Gasteiger charge is 2.40. The van der Waals surface area contributed by atoms with Crippen LogP contribution in [0.1, 0.15) is 51.4 Å². The molecule has 0 atom stereocenters. The zero-order valence-corrected chi connectivity index (χ0v) is 10.7. The molecule has 3 fully saturated rings. The minimum absolute atomic E-state index is 0.189. The van der Waals surface area contributed by atoms with Crippen LogP contribution in [0.5, 0.6) is 0 Å². The summed E-state index contributed by atoms with van der Waals surface area (Å²) in [5, 5.41) is 3.76. The predicted molar refractivity (Wildman–Crippen MR) is 66.9 cm³/mol. The monoisotopic (exact) mass is 239 g/mol. The van der Waals surface area contributed by atoms with E-state index in [0.717, 1.165) is 32.0 Å². The van der Waals surface area contributed by atoms with Crippen LogP contribution in [0, 0.1) is 5.92 Å². The zero-order chi connectivity index (χ0) is 11.6. The molecule has 0 unspecified atom stereocenters. The third-order valence-electron chi connectivity index (χ3n) is 4.73. The van der Waals surface area contributed by atoms with E-state index in [9.17, 15) is 0 Å². The number of rotatable bonds is 3. The van der Waals surface area contributed by atoms with E-state index >= 15 is 0 Å². The lowest BCUT2D eigenvalue weighted by molar-refractivity contribution is -0.179. The van der Waals surface area contributed by atoms with E-state index < -0.39 is 0 Å². The molecule has 3 heteroatoms. The number of hydrogen-bond donors (Lipinski definition) is 1. The van der Waals surface area contributed by atoms with Crippen LogP contribution < -0.4 is 5.32 Å². The molecule has 1 spiro atoms. The Kier molecular flexibility index (Phi) is 3.69. The molecule has 0 aromatic heterocycles. The summed E-state index contributed by atoms with van der Waals surface area (Å²) in [4.78, 5) is 0. The van der Waals surface area contributed by atoms with Crippen LogP contribution in [0.3, 0.4) is 0 Å². The molecule has 0 amide bonds. The second kappa shape index (κ2) is 5.25. The summed E-state index contributed by atoms with van der Waals surface area (Å²) >= 11 is 0. The summed E-state index contributed by atoms with van der Waals surface area (Å²) in [6.45, 7) is 2.82. The van der Waals surface area contributed by atoms with Gasteiger partial charge in [0.15, 0.2) is 5.79 Å². The fraction of sp³-hybridized carbons (Fsp3) is 1.00. The first-order valence-electron chi connectivity index (χ1n) is 7.38. The van der Waals surface area contributed by atoms with Crippen molar-refractivity contribution in [2.45, 2.75) is 63.2 Å². The molecule has 3 nitrogen and oxygen atoms in total. The smallest absolute Gasteiger partial charge is 0.168 e. The van der Waals surface area contributed by atoms with Gasteiger partial charge in [0.25, 0.3) is 0 Å². The highest BCUT2D eigenvalue weighted by Crippen LogP contribution is 2.35. The van der Waals surface area contributed by atoms with Crippen LogP contribution >= 0.6 is 0 Å². The average molecular weight is 239 g/mol. The lowest BCUT2D eigenvalue weighted by atomic mass is 9.89. The Morgan fingerprint density at radius 3 is 2.24 bits per heavy atom. The first-order chi connectivity index (χ1) is 8.36. The molecule has 1 aliphatic heterocycles. The van der Waals surface area contributed by atoms with Crippen LogP contribution in [0.4, 0.5) is 0 Å². The highest BCUT2D eigenvalue weighted by molar-refractivity contribution is 4.86. The van der Waals surface area contributed by atoms with Crippen molar-refractivity contribution in [3.8, 4) is 0 Å². The quantitative estimate of drug-likeness (QED) is 0.820. The third kappa shape index (κ3) is 2.83. The predicted octanol–water partition coefficient (Wildman–Crippen LogP) is 2.45. The van der Waals surface area contributed by atoms with Crippen LogP contribution in [-0.4, -0.2) is 31.6 Å². The SMILES string of the molecule is C1CCC(CNC2CCC3(CC2)OCCO3)C1. The molecule has 17 heavy (non-hydrogen) atoms. The van der Waals surface area contributed by atoms with E-state index in [-0.39, 0.29) is 5.79 Å². The lowest BCUT2D eigenvalue weighted by Crippen LogP contribution is -2.43. The summed E-state index contributed by atoms with van der Waals surface area (Å²) in [5.74, 6) is 0.760. The van der Waals surface area contributed by atoms with Gasteiger partial charge < -0.3 is 14.8 Å². The molecule has 3 rings (SSSR count). The topological polar surface area (TPSA) is 30.5 Å². The number of nitrogens with one attached hydrogen (secondary N) is 1. The summed E-state index contributed by atoms with van der Waals surface area (Å²) in [6, 6.07) is 0.703. The molecule has 2 saturated carbocycles. The standard InChI is InChI=1S/C14H25NO2/c1-2-4-12(3-1)11-15-13-5-7-14(8-6-13)16-9-10-17-14/h12-13,15H,1-11H2. The van der Waals surface area contributed by atoms with Gasteiger partial charge in [-0.05, 0) is 38.1 Å². The third-order valence-corrected chi connectivity index (χ3v) is 4.73. The summed E-state index contributed by atoms with van der Waals surface area (Å²) in [6.07, 6.45) is 10.4. The van der Waals surface area contributed by atoms with E-state index in [4.69, 9.17) is 9.47 Å². The van der Waals surface area contributed by atoms with Crippen molar-refractivity contribution in [1.82, 2.24) is 5.32 Å². The van der Waals surface area contributed by atoms with Crippen LogP contribution in [0.15, 0.2) is 0 Å². The van der Waals surface area contributed by atoms with E-state index in [1.165, 1.54) is 45.1 Å². The Morgan fingerprint density at radius 2 is 1.59 bits per heavy atom. The molecule has 1 saturated heterocycles. The number of hydrogen-bond acceptors (Lipinski definition) is 3. The first-order valence-corrected chi connectivity index (χ1v) is 7.38. The number of ether oxygens (including phenoxy) is 2. The summed E-state index contributed by atoms with van der Waals surface area (Å²) in [5.41, 5.74) is 0. The van der Waals surface area contributed by atoms with Crippen molar-refractivity contribution < 1.29 is 9.47 Å². The molecule has 0 aromatic carbocycles. The van der Waals surface area contributed by atoms with Gasteiger partial charge in [-0.25, -0.2) is 0 Å². The average Bonchev–Trinajstić information content (AvgIpc) is 3.01. The minimum Gasteiger partial charge on any atom is -0.348 e. The van der Waals surface area contributed by atoms with Gasteiger partial charge in [0, 0.05) is 18.9 Å². The van der Waals surface area contributed by atoms with E-state index in [2.05, 4.69) is 5.32 Å². The van der Waals surface area contributed by atoms with Gasteiger partial charge in [-0.3, -0.25) is 0 Å². The molecule has 3 aliphatic rings.